The molecule has 0 saturated heterocycles. The molecule has 0 bridgehead atoms. The van der Waals surface area contributed by atoms with Crippen molar-refractivity contribution >= 4 is 0 Å². The molecular formula is C12H21N. The van der Waals surface area contributed by atoms with E-state index in [1.54, 1.807) is 5.56 Å². The van der Waals surface area contributed by atoms with Gasteiger partial charge in [0.15, 0.2) is 0 Å². The molecule has 0 aromatic heterocycles. The van der Waals surface area contributed by atoms with E-state index < -0.39 is 0 Å². The second-order valence-electron chi connectivity index (χ2n) is 3.12. The van der Waals surface area contributed by atoms with E-state index in [9.17, 15) is 0 Å². The van der Waals surface area contributed by atoms with Crippen molar-refractivity contribution in [3.63, 3.8) is 0 Å². The molecule has 0 aliphatic heterocycles. The molecule has 1 aromatic rings. The lowest BCUT2D eigenvalue weighted by molar-refractivity contribution is 0.981. The van der Waals surface area contributed by atoms with Gasteiger partial charge >= 0.3 is 0 Å². The van der Waals surface area contributed by atoms with E-state index in [1.807, 2.05) is 0 Å². The summed E-state index contributed by atoms with van der Waals surface area (Å²) in [6, 6.07) is 6.67. The molecule has 0 unspecified atom stereocenters. The molecule has 3 N–H and O–H groups in total. The number of hydrogen-bond donors (Lipinski definition) is 1. The summed E-state index contributed by atoms with van der Waals surface area (Å²) < 4.78 is 0. The zero-order valence-corrected chi connectivity index (χ0v) is 9.06. The van der Waals surface area contributed by atoms with Crippen LogP contribution in [0, 0.1) is 0 Å². The zero-order chi connectivity index (χ0) is 8.97. The first kappa shape index (κ1) is 12.2. The molecule has 1 rings (SSSR count). The third-order valence-electron chi connectivity index (χ3n) is 2.49. The zero-order valence-electron chi connectivity index (χ0n) is 9.06. The van der Waals surface area contributed by atoms with Crippen molar-refractivity contribution in [2.45, 2.75) is 40.0 Å². The van der Waals surface area contributed by atoms with Crippen LogP contribution in [0.1, 0.15) is 37.5 Å². The molecule has 0 atom stereocenters. The average molecular weight is 179 g/mol. The first-order valence-electron chi connectivity index (χ1n) is 4.93. The first-order chi connectivity index (χ1) is 5.83. The van der Waals surface area contributed by atoms with Crippen LogP contribution < -0.4 is 6.15 Å². The van der Waals surface area contributed by atoms with Crippen LogP contribution in [0.2, 0.25) is 0 Å². The third kappa shape index (κ3) is 2.56. The van der Waals surface area contributed by atoms with Crippen LogP contribution in [0.25, 0.3) is 0 Å². The van der Waals surface area contributed by atoms with Gasteiger partial charge in [-0.15, -0.1) is 0 Å². The fraction of sp³-hybridized carbons (Fsp3) is 0.500. The van der Waals surface area contributed by atoms with E-state index in [4.69, 9.17) is 0 Å². The highest BCUT2D eigenvalue weighted by Crippen LogP contribution is 2.16. The van der Waals surface area contributed by atoms with Crippen molar-refractivity contribution in [1.29, 1.82) is 0 Å². The number of aryl methyl sites for hydroxylation is 2. The Morgan fingerprint density at radius 1 is 0.846 bits per heavy atom. The average Bonchev–Trinajstić information content (AvgIpc) is 2.16. The summed E-state index contributed by atoms with van der Waals surface area (Å²) in [5.41, 5.74) is 4.62. The predicted octanol–water partition coefficient (Wildman–Crippen LogP) is 3.54. The van der Waals surface area contributed by atoms with E-state index in [0.29, 0.717) is 0 Å². The van der Waals surface area contributed by atoms with Crippen LogP contribution in [0.3, 0.4) is 0 Å². The van der Waals surface area contributed by atoms with Gasteiger partial charge in [-0.1, -0.05) is 39.0 Å². The van der Waals surface area contributed by atoms with Gasteiger partial charge in [0, 0.05) is 0 Å². The first-order valence-corrected chi connectivity index (χ1v) is 4.93. The van der Waals surface area contributed by atoms with Crippen LogP contribution in [0.5, 0.6) is 0 Å². The molecule has 0 aliphatic carbocycles. The van der Waals surface area contributed by atoms with E-state index in [0.717, 1.165) is 12.8 Å². The van der Waals surface area contributed by atoms with E-state index >= 15 is 0 Å². The summed E-state index contributed by atoms with van der Waals surface area (Å²) in [5, 5.41) is 0. The predicted molar refractivity (Wildman–Crippen MR) is 59.6 cm³/mol. The smallest absolute Gasteiger partial charge is 0.0302 e. The molecule has 0 saturated carbocycles. The van der Waals surface area contributed by atoms with Gasteiger partial charge in [-0.3, -0.25) is 0 Å². The number of rotatable bonds is 3. The van der Waals surface area contributed by atoms with Crippen LogP contribution in [-0.2, 0) is 19.3 Å². The molecule has 1 nitrogen and oxygen atoms in total. The van der Waals surface area contributed by atoms with Crippen LogP contribution in [0.4, 0.5) is 0 Å². The second kappa shape index (κ2) is 5.76. The molecule has 1 heteroatoms. The molecule has 0 amide bonds. The maximum atomic E-state index is 2.25. The lowest BCUT2D eigenvalue weighted by Gasteiger charge is -2.10. The topological polar surface area (TPSA) is 35.0 Å². The lowest BCUT2D eigenvalue weighted by atomic mass is 9.96. The molecule has 13 heavy (non-hydrogen) atoms. The Kier molecular flexibility index (Phi) is 5.40. The SMILES string of the molecule is CCc1cccc(CC)c1CC.N. The van der Waals surface area contributed by atoms with Gasteiger partial charge in [0.1, 0.15) is 0 Å². The Bertz CT molecular complexity index is 231. The van der Waals surface area contributed by atoms with Gasteiger partial charge in [0.2, 0.25) is 0 Å². The standard InChI is InChI=1S/C12H18.H3N/c1-4-10-8-7-9-11(5-2)12(10)6-3;/h7-9H,4-6H2,1-3H3;1H3. The lowest BCUT2D eigenvalue weighted by Crippen LogP contribution is -1.96. The highest BCUT2D eigenvalue weighted by molar-refractivity contribution is 5.35. The molecule has 0 aliphatic rings. The minimum Gasteiger partial charge on any atom is -0.344 e. The van der Waals surface area contributed by atoms with Gasteiger partial charge < -0.3 is 6.15 Å². The molecule has 74 valence electrons. The minimum absolute atomic E-state index is 0. The van der Waals surface area contributed by atoms with Gasteiger partial charge in [-0.25, -0.2) is 0 Å². The fourth-order valence-electron chi connectivity index (χ4n) is 1.80. The van der Waals surface area contributed by atoms with Gasteiger partial charge in [-0.2, -0.15) is 0 Å². The largest absolute Gasteiger partial charge is 0.344 e. The Morgan fingerprint density at radius 2 is 1.31 bits per heavy atom. The Labute approximate surface area is 81.8 Å². The van der Waals surface area contributed by atoms with E-state index in [-0.39, 0.29) is 6.15 Å². The highest BCUT2D eigenvalue weighted by Gasteiger charge is 2.02. The summed E-state index contributed by atoms with van der Waals surface area (Å²) in [7, 11) is 0. The van der Waals surface area contributed by atoms with Gasteiger partial charge in [0.05, 0.1) is 0 Å². The van der Waals surface area contributed by atoms with Gasteiger partial charge in [-0.05, 0) is 36.0 Å². The van der Waals surface area contributed by atoms with Crippen LogP contribution >= 0.6 is 0 Å². The van der Waals surface area contributed by atoms with Crippen molar-refractivity contribution in [3.05, 3.63) is 34.9 Å². The minimum atomic E-state index is 0. The number of hydrogen-bond acceptors (Lipinski definition) is 1. The molecule has 0 heterocycles. The summed E-state index contributed by atoms with van der Waals surface area (Å²) in [6.07, 6.45) is 3.50. The number of benzene rings is 1. The Hall–Kier alpha value is -0.820. The fourth-order valence-corrected chi connectivity index (χ4v) is 1.80. The van der Waals surface area contributed by atoms with E-state index in [2.05, 4.69) is 39.0 Å². The Morgan fingerprint density at radius 3 is 1.62 bits per heavy atom. The second-order valence-corrected chi connectivity index (χ2v) is 3.12. The van der Waals surface area contributed by atoms with Gasteiger partial charge in [0.25, 0.3) is 0 Å². The van der Waals surface area contributed by atoms with Crippen LogP contribution in [-0.4, -0.2) is 0 Å². The highest BCUT2D eigenvalue weighted by atomic mass is 14.1. The van der Waals surface area contributed by atoms with Crippen molar-refractivity contribution < 1.29 is 0 Å². The molecule has 0 radical (unpaired) electrons. The summed E-state index contributed by atoms with van der Waals surface area (Å²) in [5.74, 6) is 0. The van der Waals surface area contributed by atoms with Crippen molar-refractivity contribution in [2.75, 3.05) is 0 Å². The third-order valence-corrected chi connectivity index (χ3v) is 2.49. The molecular weight excluding hydrogens is 158 g/mol. The molecule has 1 aromatic carbocycles. The summed E-state index contributed by atoms with van der Waals surface area (Å²) in [4.78, 5) is 0. The van der Waals surface area contributed by atoms with Crippen molar-refractivity contribution in [3.8, 4) is 0 Å². The van der Waals surface area contributed by atoms with Crippen molar-refractivity contribution in [1.82, 2.24) is 6.15 Å². The van der Waals surface area contributed by atoms with Crippen molar-refractivity contribution in [2.24, 2.45) is 0 Å². The normalized spacial score (nSPS) is 9.46. The maximum absolute atomic E-state index is 2.25. The molecule has 0 fully saturated rings. The van der Waals surface area contributed by atoms with E-state index in [1.165, 1.54) is 17.5 Å². The quantitative estimate of drug-likeness (QED) is 0.756. The monoisotopic (exact) mass is 179 g/mol. The summed E-state index contributed by atoms with van der Waals surface area (Å²) >= 11 is 0. The maximum Gasteiger partial charge on any atom is -0.0302 e. The van der Waals surface area contributed by atoms with Crippen LogP contribution in [0.15, 0.2) is 18.2 Å². The molecule has 0 spiro atoms. The summed E-state index contributed by atoms with van der Waals surface area (Å²) in [6.45, 7) is 6.70. The Balaban J connectivity index is 0.00000144.